The predicted molar refractivity (Wildman–Crippen MR) is 62.3 cm³/mol. The second-order valence-corrected chi connectivity index (χ2v) is 3.53. The highest BCUT2D eigenvalue weighted by Crippen LogP contribution is 2.20. The number of carbonyl (C=O) groups is 1. The van der Waals surface area contributed by atoms with E-state index in [2.05, 4.69) is 10.1 Å². The van der Waals surface area contributed by atoms with Crippen molar-refractivity contribution >= 4 is 12.1 Å². The molecule has 0 amide bonds. The van der Waals surface area contributed by atoms with E-state index < -0.39 is 0 Å². The first-order valence-electron chi connectivity index (χ1n) is 5.09. The van der Waals surface area contributed by atoms with Crippen molar-refractivity contribution in [3.8, 4) is 11.1 Å². The van der Waals surface area contributed by atoms with Crippen LogP contribution in [0.1, 0.15) is 10.4 Å². The molecule has 0 atom stereocenters. The van der Waals surface area contributed by atoms with Crippen LogP contribution in [0.15, 0.2) is 24.7 Å². The number of aromatic nitrogens is 3. The van der Waals surface area contributed by atoms with Crippen LogP contribution in [0.2, 0.25) is 0 Å². The SMILES string of the molecule is Nc1ncc(-c2cnn(CCO)c2)cc1C=O. The summed E-state index contributed by atoms with van der Waals surface area (Å²) >= 11 is 0. The summed E-state index contributed by atoms with van der Waals surface area (Å²) in [6, 6.07) is 1.66. The average Bonchev–Trinajstić information content (AvgIpc) is 2.79. The Morgan fingerprint density at radius 1 is 1.41 bits per heavy atom. The molecule has 6 heteroatoms. The highest BCUT2D eigenvalue weighted by Gasteiger charge is 2.05. The molecule has 0 saturated heterocycles. The van der Waals surface area contributed by atoms with Gasteiger partial charge in [-0.25, -0.2) is 4.98 Å². The molecule has 2 rings (SSSR count). The lowest BCUT2D eigenvalue weighted by molar-refractivity contribution is 0.112. The van der Waals surface area contributed by atoms with Crippen molar-refractivity contribution in [3.05, 3.63) is 30.2 Å². The summed E-state index contributed by atoms with van der Waals surface area (Å²) in [7, 11) is 0. The minimum absolute atomic E-state index is 0.0285. The maximum atomic E-state index is 10.7. The summed E-state index contributed by atoms with van der Waals surface area (Å²) < 4.78 is 1.62. The number of nitrogen functional groups attached to an aromatic ring is 1. The number of carbonyl (C=O) groups excluding carboxylic acids is 1. The van der Waals surface area contributed by atoms with Crippen LogP contribution in [0, 0.1) is 0 Å². The first kappa shape index (κ1) is 11.3. The van der Waals surface area contributed by atoms with E-state index in [9.17, 15) is 4.79 Å². The van der Waals surface area contributed by atoms with Crippen LogP contribution < -0.4 is 5.73 Å². The Morgan fingerprint density at radius 2 is 2.24 bits per heavy atom. The van der Waals surface area contributed by atoms with Gasteiger partial charge in [0.2, 0.25) is 0 Å². The molecule has 2 heterocycles. The molecular weight excluding hydrogens is 220 g/mol. The summed E-state index contributed by atoms with van der Waals surface area (Å²) in [5, 5.41) is 12.9. The average molecular weight is 232 g/mol. The molecule has 6 nitrogen and oxygen atoms in total. The topological polar surface area (TPSA) is 94.0 Å². The number of nitrogens with two attached hydrogens (primary N) is 1. The third-order valence-electron chi connectivity index (χ3n) is 2.37. The fraction of sp³-hybridized carbons (Fsp3) is 0.182. The van der Waals surface area contributed by atoms with Crippen LogP contribution in [0.4, 0.5) is 5.82 Å². The third kappa shape index (κ3) is 2.31. The molecule has 0 aliphatic heterocycles. The zero-order chi connectivity index (χ0) is 12.3. The third-order valence-corrected chi connectivity index (χ3v) is 2.37. The normalized spacial score (nSPS) is 10.4. The Kier molecular flexibility index (Phi) is 3.15. The molecule has 2 aromatic rings. The zero-order valence-electron chi connectivity index (χ0n) is 9.08. The molecule has 0 spiro atoms. The maximum absolute atomic E-state index is 10.7. The zero-order valence-corrected chi connectivity index (χ0v) is 9.08. The largest absolute Gasteiger partial charge is 0.394 e. The quantitative estimate of drug-likeness (QED) is 0.741. The van der Waals surface area contributed by atoms with E-state index in [0.29, 0.717) is 18.4 Å². The van der Waals surface area contributed by atoms with Crippen LogP contribution in [0.5, 0.6) is 0 Å². The number of aliphatic hydroxyl groups is 1. The summed E-state index contributed by atoms with van der Waals surface area (Å²) in [4.78, 5) is 14.7. The molecule has 0 aromatic carbocycles. The van der Waals surface area contributed by atoms with Crippen molar-refractivity contribution < 1.29 is 9.90 Å². The number of nitrogens with zero attached hydrogens (tertiary/aromatic N) is 3. The van der Waals surface area contributed by atoms with Gasteiger partial charge in [-0.2, -0.15) is 5.10 Å². The molecule has 0 radical (unpaired) electrons. The fourth-order valence-electron chi connectivity index (χ4n) is 1.48. The highest BCUT2D eigenvalue weighted by atomic mass is 16.3. The Labute approximate surface area is 97.7 Å². The second-order valence-electron chi connectivity index (χ2n) is 3.53. The molecule has 17 heavy (non-hydrogen) atoms. The van der Waals surface area contributed by atoms with E-state index in [1.807, 2.05) is 0 Å². The number of rotatable bonds is 4. The number of hydrogen-bond donors (Lipinski definition) is 2. The summed E-state index contributed by atoms with van der Waals surface area (Å²) in [6.45, 7) is 0.462. The van der Waals surface area contributed by atoms with E-state index >= 15 is 0 Å². The smallest absolute Gasteiger partial charge is 0.153 e. The Morgan fingerprint density at radius 3 is 2.94 bits per heavy atom. The standard InChI is InChI=1S/C11H12N4O2/c12-11-9(7-17)3-8(4-13-11)10-5-14-15(6-10)1-2-16/h3-7,16H,1-2H2,(H2,12,13). The van der Waals surface area contributed by atoms with Gasteiger partial charge in [-0.05, 0) is 6.07 Å². The van der Waals surface area contributed by atoms with Gasteiger partial charge >= 0.3 is 0 Å². The van der Waals surface area contributed by atoms with E-state index in [1.165, 1.54) is 0 Å². The van der Waals surface area contributed by atoms with Gasteiger partial charge in [0.15, 0.2) is 6.29 Å². The van der Waals surface area contributed by atoms with E-state index in [1.54, 1.807) is 29.3 Å². The van der Waals surface area contributed by atoms with Crippen LogP contribution >= 0.6 is 0 Å². The van der Waals surface area contributed by atoms with Crippen molar-refractivity contribution in [3.63, 3.8) is 0 Å². The van der Waals surface area contributed by atoms with Gasteiger partial charge in [0.25, 0.3) is 0 Å². The lowest BCUT2D eigenvalue weighted by Gasteiger charge is -2.00. The Hall–Kier alpha value is -2.21. The van der Waals surface area contributed by atoms with Gasteiger partial charge in [0.1, 0.15) is 5.82 Å². The van der Waals surface area contributed by atoms with Crippen LogP contribution in [0.25, 0.3) is 11.1 Å². The predicted octanol–water partition coefficient (Wildman–Crippen LogP) is 0.332. The van der Waals surface area contributed by atoms with E-state index in [-0.39, 0.29) is 12.4 Å². The fourth-order valence-corrected chi connectivity index (χ4v) is 1.48. The summed E-state index contributed by atoms with van der Waals surface area (Å²) in [6.07, 6.45) is 5.68. The minimum Gasteiger partial charge on any atom is -0.394 e. The molecule has 0 fully saturated rings. The number of anilines is 1. The van der Waals surface area contributed by atoms with E-state index in [0.717, 1.165) is 11.1 Å². The maximum Gasteiger partial charge on any atom is 0.153 e. The number of pyridine rings is 1. The molecule has 88 valence electrons. The molecule has 3 N–H and O–H groups in total. The van der Waals surface area contributed by atoms with Gasteiger partial charge in [0.05, 0.1) is 24.9 Å². The number of aliphatic hydroxyl groups excluding tert-OH is 1. The number of hydrogen-bond acceptors (Lipinski definition) is 5. The number of aldehydes is 1. The van der Waals surface area contributed by atoms with Crippen molar-refractivity contribution in [2.24, 2.45) is 0 Å². The van der Waals surface area contributed by atoms with E-state index in [4.69, 9.17) is 10.8 Å². The lowest BCUT2D eigenvalue weighted by atomic mass is 10.1. The van der Waals surface area contributed by atoms with Gasteiger partial charge in [-0.1, -0.05) is 0 Å². The Bertz CT molecular complexity index is 536. The van der Waals surface area contributed by atoms with Crippen LogP contribution in [-0.2, 0) is 6.54 Å². The molecule has 0 unspecified atom stereocenters. The summed E-state index contributed by atoms with van der Waals surface area (Å²) in [5.41, 5.74) is 7.49. The van der Waals surface area contributed by atoms with Crippen molar-refractivity contribution in [1.29, 1.82) is 0 Å². The molecule has 0 saturated carbocycles. The highest BCUT2D eigenvalue weighted by molar-refractivity contribution is 5.84. The lowest BCUT2D eigenvalue weighted by Crippen LogP contribution is -2.01. The monoisotopic (exact) mass is 232 g/mol. The van der Waals surface area contributed by atoms with Crippen molar-refractivity contribution in [2.45, 2.75) is 6.54 Å². The van der Waals surface area contributed by atoms with Gasteiger partial charge in [0, 0.05) is 23.5 Å². The Balaban J connectivity index is 2.35. The molecular formula is C11H12N4O2. The van der Waals surface area contributed by atoms with Gasteiger partial charge in [-0.15, -0.1) is 0 Å². The second kappa shape index (κ2) is 4.75. The first-order valence-corrected chi connectivity index (χ1v) is 5.09. The molecule has 2 aromatic heterocycles. The first-order chi connectivity index (χ1) is 8.24. The van der Waals surface area contributed by atoms with Crippen molar-refractivity contribution in [1.82, 2.24) is 14.8 Å². The van der Waals surface area contributed by atoms with Crippen LogP contribution in [-0.4, -0.2) is 32.8 Å². The minimum atomic E-state index is 0.0285. The van der Waals surface area contributed by atoms with Crippen LogP contribution in [0.3, 0.4) is 0 Å². The van der Waals surface area contributed by atoms with Gasteiger partial charge in [-0.3, -0.25) is 9.48 Å². The molecule has 0 aliphatic rings. The van der Waals surface area contributed by atoms with Gasteiger partial charge < -0.3 is 10.8 Å². The molecule has 0 aliphatic carbocycles. The molecule has 0 bridgehead atoms. The summed E-state index contributed by atoms with van der Waals surface area (Å²) in [5.74, 6) is 0.214. The van der Waals surface area contributed by atoms with Crippen molar-refractivity contribution in [2.75, 3.05) is 12.3 Å².